The molecule has 0 aliphatic carbocycles. The first-order valence-corrected chi connectivity index (χ1v) is 9.57. The van der Waals surface area contributed by atoms with Gasteiger partial charge in [-0.3, -0.25) is 14.2 Å². The van der Waals surface area contributed by atoms with Crippen LogP contribution in [0.2, 0.25) is 0 Å². The fourth-order valence-corrected chi connectivity index (χ4v) is 3.62. The molecule has 4 rings (SSSR count). The minimum absolute atomic E-state index is 0.362. The van der Waals surface area contributed by atoms with Gasteiger partial charge in [-0.25, -0.2) is 9.18 Å². The Bertz CT molecular complexity index is 1360. The highest BCUT2D eigenvalue weighted by Gasteiger charge is 2.19. The monoisotopic (exact) mass is 422 g/mol. The van der Waals surface area contributed by atoms with Gasteiger partial charge in [-0.15, -0.1) is 0 Å². The summed E-state index contributed by atoms with van der Waals surface area (Å²) in [4.78, 5) is 36.9. The Balaban J connectivity index is 1.48. The fourth-order valence-electron chi connectivity index (χ4n) is 3.62. The number of Topliss-reactive ketones (excluding diaryl/α,β-unsaturated/α-hetero) is 1. The third kappa shape index (κ3) is 3.92. The number of ketones is 1. The highest BCUT2D eigenvalue weighted by atomic mass is 19.1. The zero-order chi connectivity index (χ0) is 22.1. The predicted octanol–water partition coefficient (Wildman–Crippen LogP) is 3.57. The van der Waals surface area contributed by atoms with Crippen molar-refractivity contribution in [3.63, 3.8) is 0 Å². The topological polar surface area (TPSA) is 83.4 Å². The molecule has 0 saturated carbocycles. The molecule has 2 aromatic carbocycles. The Morgan fingerprint density at radius 1 is 1.06 bits per heavy atom. The van der Waals surface area contributed by atoms with Gasteiger partial charge in [0, 0.05) is 22.6 Å². The zero-order valence-electron chi connectivity index (χ0n) is 16.9. The first kappa shape index (κ1) is 20.3. The summed E-state index contributed by atoms with van der Waals surface area (Å²) in [6.07, 6.45) is 0. The van der Waals surface area contributed by atoms with E-state index in [0.29, 0.717) is 28.0 Å². The second kappa shape index (κ2) is 8.06. The average Bonchev–Trinajstić information content (AvgIpc) is 3.21. The number of fused-ring (bicyclic) bond motifs is 1. The number of oxazole rings is 1. The molecule has 0 atom stereocenters. The molecule has 4 aromatic rings. The van der Waals surface area contributed by atoms with Crippen molar-refractivity contribution in [1.29, 1.82) is 0 Å². The summed E-state index contributed by atoms with van der Waals surface area (Å²) in [6, 6.07) is 14.4. The predicted molar refractivity (Wildman–Crippen MR) is 111 cm³/mol. The maximum Gasteiger partial charge on any atom is 0.420 e. The molecule has 0 radical (unpaired) electrons. The number of halogens is 1. The van der Waals surface area contributed by atoms with Gasteiger partial charge in [0.1, 0.15) is 12.4 Å². The fraction of sp³-hybridized carbons (Fsp3) is 0.174. The molecule has 7 nitrogen and oxygen atoms in total. The molecule has 0 spiro atoms. The van der Waals surface area contributed by atoms with E-state index in [9.17, 15) is 18.8 Å². The molecule has 0 aliphatic rings. The van der Waals surface area contributed by atoms with Gasteiger partial charge < -0.3 is 13.7 Å². The second-order valence-corrected chi connectivity index (χ2v) is 7.11. The number of hydrogen-bond donors (Lipinski definition) is 0. The molecular formula is C23H19FN2O5. The van der Waals surface area contributed by atoms with Crippen LogP contribution in [0.4, 0.5) is 4.39 Å². The smallest absolute Gasteiger partial charge is 0.420 e. The van der Waals surface area contributed by atoms with Gasteiger partial charge in [0.2, 0.25) is 5.78 Å². The first-order chi connectivity index (χ1) is 14.8. The Morgan fingerprint density at radius 2 is 1.84 bits per heavy atom. The third-order valence-corrected chi connectivity index (χ3v) is 5.02. The van der Waals surface area contributed by atoms with Crippen LogP contribution in [0.5, 0.6) is 0 Å². The quantitative estimate of drug-likeness (QED) is 0.350. The van der Waals surface area contributed by atoms with E-state index in [1.807, 2.05) is 0 Å². The van der Waals surface area contributed by atoms with E-state index < -0.39 is 24.1 Å². The van der Waals surface area contributed by atoms with Crippen LogP contribution in [0, 0.1) is 19.7 Å². The number of para-hydroxylation sites is 2. The van der Waals surface area contributed by atoms with Gasteiger partial charge in [-0.2, -0.15) is 0 Å². The van der Waals surface area contributed by atoms with Gasteiger partial charge in [-0.1, -0.05) is 18.2 Å². The lowest BCUT2D eigenvalue weighted by Crippen LogP contribution is -2.23. The van der Waals surface area contributed by atoms with E-state index >= 15 is 0 Å². The highest BCUT2D eigenvalue weighted by molar-refractivity contribution is 5.99. The van der Waals surface area contributed by atoms with E-state index in [-0.39, 0.29) is 12.4 Å². The summed E-state index contributed by atoms with van der Waals surface area (Å²) >= 11 is 0. The Hall–Kier alpha value is -3.94. The van der Waals surface area contributed by atoms with Crippen molar-refractivity contribution < 1.29 is 23.1 Å². The summed E-state index contributed by atoms with van der Waals surface area (Å²) in [6.45, 7) is 2.70. The second-order valence-electron chi connectivity index (χ2n) is 7.11. The number of nitrogens with zero attached hydrogens (tertiary/aromatic N) is 2. The number of esters is 1. The first-order valence-electron chi connectivity index (χ1n) is 9.57. The number of aromatic nitrogens is 2. The van der Waals surface area contributed by atoms with Crippen molar-refractivity contribution in [2.45, 2.75) is 20.4 Å². The largest absolute Gasteiger partial charge is 0.456 e. The zero-order valence-corrected chi connectivity index (χ0v) is 16.9. The van der Waals surface area contributed by atoms with Gasteiger partial charge in [0.25, 0.3) is 0 Å². The van der Waals surface area contributed by atoms with Crippen molar-refractivity contribution in [2.24, 2.45) is 0 Å². The molecule has 0 amide bonds. The summed E-state index contributed by atoms with van der Waals surface area (Å²) in [5.41, 5.74) is 3.16. The van der Waals surface area contributed by atoms with Crippen LogP contribution in [0.15, 0.2) is 63.8 Å². The molecule has 0 saturated heterocycles. The molecule has 2 aromatic heterocycles. The summed E-state index contributed by atoms with van der Waals surface area (Å²) in [5, 5.41) is 0. The Labute approximate surface area is 176 Å². The van der Waals surface area contributed by atoms with Crippen molar-refractivity contribution >= 4 is 22.9 Å². The number of carbonyl (C=O) groups excluding carboxylic acids is 2. The van der Waals surface area contributed by atoms with Crippen LogP contribution in [0.1, 0.15) is 21.7 Å². The Morgan fingerprint density at radius 3 is 2.61 bits per heavy atom. The summed E-state index contributed by atoms with van der Waals surface area (Å²) in [7, 11) is 0. The number of benzene rings is 2. The molecule has 31 heavy (non-hydrogen) atoms. The van der Waals surface area contributed by atoms with E-state index in [1.54, 1.807) is 60.9 Å². The standard InChI is InChI=1S/C23H19FN2O5/c1-14-10-18(15(2)26(14)17-7-5-6-16(24)11-17)20(27)13-30-22(28)12-25-19-8-3-4-9-21(19)31-23(25)29/h3-11H,12-13H2,1-2H3. The summed E-state index contributed by atoms with van der Waals surface area (Å²) in [5.74, 6) is -2.19. The van der Waals surface area contributed by atoms with Crippen molar-refractivity contribution in [2.75, 3.05) is 6.61 Å². The molecule has 8 heteroatoms. The number of hydrogen-bond acceptors (Lipinski definition) is 5. The van der Waals surface area contributed by atoms with Crippen molar-refractivity contribution in [1.82, 2.24) is 9.13 Å². The molecule has 2 heterocycles. The van der Waals surface area contributed by atoms with Gasteiger partial charge in [-0.05, 0) is 50.2 Å². The molecule has 158 valence electrons. The molecule has 0 bridgehead atoms. The number of carbonyl (C=O) groups is 2. The molecule has 0 fully saturated rings. The Kier molecular flexibility index (Phi) is 5.29. The van der Waals surface area contributed by atoms with Crippen LogP contribution in [0.25, 0.3) is 16.8 Å². The van der Waals surface area contributed by atoms with Crippen molar-refractivity contribution in [3.05, 3.63) is 87.9 Å². The third-order valence-electron chi connectivity index (χ3n) is 5.02. The minimum atomic E-state index is -0.735. The van der Waals surface area contributed by atoms with Crippen molar-refractivity contribution in [3.8, 4) is 5.69 Å². The van der Waals surface area contributed by atoms with Crippen LogP contribution >= 0.6 is 0 Å². The van der Waals surface area contributed by atoms with E-state index in [4.69, 9.17) is 9.15 Å². The molecule has 0 N–H and O–H groups in total. The van der Waals surface area contributed by atoms with Crippen LogP contribution in [-0.2, 0) is 16.1 Å². The number of aryl methyl sites for hydroxylation is 1. The van der Waals surface area contributed by atoms with Crippen LogP contribution < -0.4 is 5.76 Å². The normalized spacial score (nSPS) is 11.1. The SMILES string of the molecule is Cc1cc(C(=O)COC(=O)Cn2c(=O)oc3ccccc32)c(C)n1-c1cccc(F)c1. The van der Waals surface area contributed by atoms with E-state index in [0.717, 1.165) is 10.3 Å². The highest BCUT2D eigenvalue weighted by Crippen LogP contribution is 2.22. The molecular weight excluding hydrogens is 403 g/mol. The minimum Gasteiger partial charge on any atom is -0.456 e. The number of ether oxygens (including phenoxy) is 1. The lowest BCUT2D eigenvalue weighted by molar-refractivity contribution is -0.143. The number of rotatable bonds is 6. The van der Waals surface area contributed by atoms with Gasteiger partial charge in [0.05, 0.1) is 5.52 Å². The molecule has 0 unspecified atom stereocenters. The van der Waals surface area contributed by atoms with E-state index in [1.165, 1.54) is 12.1 Å². The maximum absolute atomic E-state index is 13.6. The van der Waals surface area contributed by atoms with Gasteiger partial charge in [0.15, 0.2) is 12.2 Å². The average molecular weight is 422 g/mol. The molecule has 0 aliphatic heterocycles. The van der Waals surface area contributed by atoms with E-state index in [2.05, 4.69) is 0 Å². The van der Waals surface area contributed by atoms with Crippen LogP contribution in [-0.4, -0.2) is 27.5 Å². The summed E-state index contributed by atoms with van der Waals surface area (Å²) < 4.78 is 26.7. The van der Waals surface area contributed by atoms with Crippen LogP contribution in [0.3, 0.4) is 0 Å². The lowest BCUT2D eigenvalue weighted by Gasteiger charge is -2.10. The lowest BCUT2D eigenvalue weighted by atomic mass is 10.1. The van der Waals surface area contributed by atoms with Gasteiger partial charge >= 0.3 is 11.7 Å². The maximum atomic E-state index is 13.6.